The van der Waals surface area contributed by atoms with E-state index in [0.717, 1.165) is 0 Å². The highest BCUT2D eigenvalue weighted by atomic mass is 35.5. The van der Waals surface area contributed by atoms with E-state index in [4.69, 9.17) is 27.9 Å². The molecular weight excluding hydrogens is 509 g/mol. The molecule has 0 unspecified atom stereocenters. The first-order valence-corrected chi connectivity index (χ1v) is 11.4. The summed E-state index contributed by atoms with van der Waals surface area (Å²) in [6, 6.07) is 8.03. The molecule has 3 aromatic heterocycles. The van der Waals surface area contributed by atoms with Gasteiger partial charge < -0.3 is 20.0 Å². The number of rotatable bonds is 8. The Hall–Kier alpha value is -4.22. The maximum absolute atomic E-state index is 12.4. The van der Waals surface area contributed by atoms with Gasteiger partial charge in [-0.1, -0.05) is 28.4 Å². The molecule has 0 aliphatic rings. The van der Waals surface area contributed by atoms with Crippen LogP contribution in [0.2, 0.25) is 10.2 Å². The Morgan fingerprint density at radius 1 is 1.22 bits per heavy atom. The number of halogens is 2. The number of pyridine rings is 1. The summed E-state index contributed by atoms with van der Waals surface area (Å²) in [6.07, 6.45) is 5.80. The van der Waals surface area contributed by atoms with Gasteiger partial charge in [0.05, 0.1) is 25.0 Å². The van der Waals surface area contributed by atoms with Gasteiger partial charge in [-0.15, -0.1) is 5.10 Å². The molecule has 0 bridgehead atoms. The summed E-state index contributed by atoms with van der Waals surface area (Å²) in [6.45, 7) is 1.98. The number of H-pyrrole nitrogens is 2. The number of esters is 1. The molecule has 4 aromatic rings. The highest BCUT2D eigenvalue weighted by Gasteiger charge is 2.14. The summed E-state index contributed by atoms with van der Waals surface area (Å²) in [4.78, 5) is 45.6. The zero-order valence-electron chi connectivity index (χ0n) is 18.8. The van der Waals surface area contributed by atoms with Crippen LogP contribution < -0.4 is 10.9 Å². The first-order chi connectivity index (χ1) is 17.3. The molecule has 13 heteroatoms. The third kappa shape index (κ3) is 5.88. The Balaban J connectivity index is 1.46. The van der Waals surface area contributed by atoms with Gasteiger partial charge in [-0.25, -0.2) is 14.5 Å². The molecule has 0 atom stereocenters. The molecule has 4 rings (SSSR count). The van der Waals surface area contributed by atoms with Gasteiger partial charge in [0.1, 0.15) is 16.7 Å². The molecule has 3 heterocycles. The molecule has 0 saturated carbocycles. The van der Waals surface area contributed by atoms with Crippen molar-refractivity contribution in [2.75, 3.05) is 6.61 Å². The third-order valence-corrected chi connectivity index (χ3v) is 5.32. The van der Waals surface area contributed by atoms with Gasteiger partial charge >= 0.3 is 5.97 Å². The van der Waals surface area contributed by atoms with E-state index >= 15 is 0 Å². The Morgan fingerprint density at radius 2 is 2.06 bits per heavy atom. The average Bonchev–Trinajstić information content (AvgIpc) is 3.49. The lowest BCUT2D eigenvalue weighted by molar-refractivity contribution is -0.116. The quantitative estimate of drug-likeness (QED) is 0.235. The van der Waals surface area contributed by atoms with Crippen LogP contribution in [-0.2, 0) is 16.1 Å². The molecule has 0 saturated heterocycles. The van der Waals surface area contributed by atoms with Crippen LogP contribution in [0.5, 0.6) is 0 Å². The van der Waals surface area contributed by atoms with Crippen LogP contribution in [0.1, 0.15) is 28.8 Å². The molecule has 0 fully saturated rings. The molecule has 11 nitrogen and oxygen atoms in total. The van der Waals surface area contributed by atoms with E-state index in [-0.39, 0.29) is 29.6 Å². The maximum atomic E-state index is 12.4. The number of hydrogen-bond acceptors (Lipinski definition) is 7. The van der Waals surface area contributed by atoms with Crippen LogP contribution in [0.15, 0.2) is 53.6 Å². The van der Waals surface area contributed by atoms with Crippen LogP contribution in [0.3, 0.4) is 0 Å². The van der Waals surface area contributed by atoms with Crippen molar-refractivity contribution in [2.45, 2.75) is 13.5 Å². The molecule has 0 aliphatic carbocycles. The molecule has 1 amide bonds. The minimum absolute atomic E-state index is 0.0519. The summed E-state index contributed by atoms with van der Waals surface area (Å²) < 4.78 is 6.32. The van der Waals surface area contributed by atoms with Crippen LogP contribution in [-0.4, -0.2) is 48.4 Å². The van der Waals surface area contributed by atoms with E-state index in [1.54, 1.807) is 37.3 Å². The van der Waals surface area contributed by atoms with Crippen molar-refractivity contribution in [1.29, 1.82) is 0 Å². The number of carbonyl (C=O) groups excluding carboxylic acids is 2. The van der Waals surface area contributed by atoms with Crippen molar-refractivity contribution in [1.82, 2.24) is 35.3 Å². The second kappa shape index (κ2) is 11.0. The van der Waals surface area contributed by atoms with Gasteiger partial charge in [-0.05, 0) is 37.3 Å². The zero-order valence-corrected chi connectivity index (χ0v) is 20.3. The second-order valence-electron chi connectivity index (χ2n) is 7.31. The monoisotopic (exact) mass is 527 g/mol. The van der Waals surface area contributed by atoms with Crippen molar-refractivity contribution >= 4 is 41.2 Å². The number of aromatic nitrogens is 6. The van der Waals surface area contributed by atoms with Crippen molar-refractivity contribution < 1.29 is 14.3 Å². The molecule has 0 spiro atoms. The number of ether oxygens (including phenoxy) is 1. The van der Waals surface area contributed by atoms with E-state index in [1.165, 1.54) is 29.2 Å². The predicted octanol–water partition coefficient (Wildman–Crippen LogP) is 3.16. The molecule has 0 aliphatic heterocycles. The zero-order chi connectivity index (χ0) is 25.7. The lowest BCUT2D eigenvalue weighted by Crippen LogP contribution is -2.21. The number of nitrogens with zero attached hydrogens (tertiary/aromatic N) is 4. The topological polar surface area (TPSA) is 148 Å². The summed E-state index contributed by atoms with van der Waals surface area (Å²) in [5.41, 5.74) is 1.83. The first-order valence-electron chi connectivity index (χ1n) is 10.6. The molecular formula is C23H19Cl2N7O4. The third-order valence-electron chi connectivity index (χ3n) is 4.82. The van der Waals surface area contributed by atoms with E-state index in [0.29, 0.717) is 33.4 Å². The largest absolute Gasteiger partial charge is 0.461 e. The maximum Gasteiger partial charge on any atom is 0.360 e. The first kappa shape index (κ1) is 24.9. The number of hydrogen-bond donors (Lipinski definition) is 3. The van der Waals surface area contributed by atoms with Gasteiger partial charge in [0.2, 0.25) is 11.5 Å². The summed E-state index contributed by atoms with van der Waals surface area (Å²) in [5.74, 6) is -0.582. The number of imidazole rings is 1. The Labute approximate surface area is 214 Å². The van der Waals surface area contributed by atoms with E-state index in [1.807, 2.05) is 0 Å². The number of aromatic amines is 2. The lowest BCUT2D eigenvalue weighted by Gasteiger charge is -2.06. The SMILES string of the molecule is CCOC(=O)c1cn(-c2ccc(Cl)cc2/C=C/C(=O)NCc2nc(-c3cc[nH]c(=O)c3)c(Cl)[nH]2)nn1. The van der Waals surface area contributed by atoms with Crippen LogP contribution in [0.4, 0.5) is 0 Å². The molecule has 3 N–H and O–H groups in total. The molecule has 1 aromatic carbocycles. The fraction of sp³-hybridized carbons (Fsp3) is 0.130. The molecule has 184 valence electrons. The highest BCUT2D eigenvalue weighted by Crippen LogP contribution is 2.24. The Bertz CT molecular complexity index is 1510. The highest BCUT2D eigenvalue weighted by molar-refractivity contribution is 6.32. The van der Waals surface area contributed by atoms with E-state index in [9.17, 15) is 14.4 Å². The molecule has 0 radical (unpaired) electrons. The summed E-state index contributed by atoms with van der Waals surface area (Å²) in [5, 5.41) is 11.2. The van der Waals surface area contributed by atoms with Crippen LogP contribution in [0.25, 0.3) is 23.0 Å². The van der Waals surface area contributed by atoms with Crippen LogP contribution >= 0.6 is 23.2 Å². The smallest absolute Gasteiger partial charge is 0.360 e. The van der Waals surface area contributed by atoms with Gasteiger partial charge in [0.25, 0.3) is 0 Å². The lowest BCUT2D eigenvalue weighted by atomic mass is 10.1. The minimum atomic E-state index is -0.588. The number of amides is 1. The van der Waals surface area contributed by atoms with E-state index in [2.05, 4.69) is 30.6 Å². The fourth-order valence-corrected chi connectivity index (χ4v) is 3.65. The standard InChI is InChI=1S/C23H19Cl2N7O4/c1-2-36-23(35)16-12-32(31-30-16)17-5-4-15(24)9-13(17)3-6-19(33)27-11-18-28-21(22(25)29-18)14-7-8-26-20(34)10-14/h3-10,12H,2,11H2,1H3,(H,26,34)(H,27,33)(H,28,29)/b6-3+. The predicted molar refractivity (Wildman–Crippen MR) is 133 cm³/mol. The van der Waals surface area contributed by atoms with Gasteiger partial charge in [-0.2, -0.15) is 0 Å². The van der Waals surface area contributed by atoms with Crippen molar-refractivity contribution in [3.8, 4) is 16.9 Å². The van der Waals surface area contributed by atoms with Crippen LogP contribution in [0, 0.1) is 0 Å². The van der Waals surface area contributed by atoms with E-state index < -0.39 is 11.9 Å². The molecule has 36 heavy (non-hydrogen) atoms. The number of carbonyl (C=O) groups is 2. The van der Waals surface area contributed by atoms with Crippen molar-refractivity contribution in [3.05, 3.63) is 86.4 Å². The Kier molecular flexibility index (Phi) is 7.62. The van der Waals surface area contributed by atoms with Gasteiger partial charge in [-0.3, -0.25) is 9.59 Å². The summed E-state index contributed by atoms with van der Waals surface area (Å²) >= 11 is 12.3. The Morgan fingerprint density at radius 3 is 2.83 bits per heavy atom. The van der Waals surface area contributed by atoms with Crippen molar-refractivity contribution in [2.24, 2.45) is 0 Å². The van der Waals surface area contributed by atoms with Gasteiger partial charge in [0, 0.05) is 34.5 Å². The normalized spacial score (nSPS) is 11.1. The van der Waals surface area contributed by atoms with Gasteiger partial charge in [0.15, 0.2) is 5.69 Å². The minimum Gasteiger partial charge on any atom is -0.461 e. The fourth-order valence-electron chi connectivity index (χ4n) is 3.21. The summed E-state index contributed by atoms with van der Waals surface area (Å²) in [7, 11) is 0. The van der Waals surface area contributed by atoms with Crippen molar-refractivity contribution in [3.63, 3.8) is 0 Å². The average molecular weight is 528 g/mol. The number of benzene rings is 1. The number of nitrogens with one attached hydrogen (secondary N) is 3. The second-order valence-corrected chi connectivity index (χ2v) is 8.13.